The van der Waals surface area contributed by atoms with Gasteiger partial charge in [-0.25, -0.2) is 0 Å². The van der Waals surface area contributed by atoms with E-state index in [2.05, 4.69) is 6.92 Å². The van der Waals surface area contributed by atoms with Crippen LogP contribution in [-0.2, 0) is 0 Å². The summed E-state index contributed by atoms with van der Waals surface area (Å²) in [6, 6.07) is 0. The Morgan fingerprint density at radius 1 is 1.50 bits per heavy atom. The molecule has 0 aliphatic heterocycles. The van der Waals surface area contributed by atoms with Gasteiger partial charge in [-0.2, -0.15) is 0 Å². The van der Waals surface area contributed by atoms with Crippen LogP contribution in [0.4, 0.5) is 0 Å². The van der Waals surface area contributed by atoms with E-state index in [1.165, 1.54) is 6.08 Å². The van der Waals surface area contributed by atoms with Crippen LogP contribution in [0.2, 0.25) is 0 Å². The van der Waals surface area contributed by atoms with E-state index >= 15 is 0 Å². The first-order valence-electron chi connectivity index (χ1n) is 4.41. The molecular formula is C10H16O2. The maximum atomic E-state index is 9.47. The van der Waals surface area contributed by atoms with Gasteiger partial charge in [-0.15, -0.1) is 0 Å². The number of allylic oxidation sites excluding steroid dienone is 2. The fourth-order valence-corrected chi connectivity index (χ4v) is 1.46. The van der Waals surface area contributed by atoms with E-state index in [1.54, 1.807) is 6.08 Å². The van der Waals surface area contributed by atoms with E-state index in [0.717, 1.165) is 18.4 Å². The van der Waals surface area contributed by atoms with Crippen LogP contribution in [0.25, 0.3) is 0 Å². The molecule has 0 aromatic heterocycles. The highest BCUT2D eigenvalue weighted by atomic mass is 16.5. The minimum absolute atomic E-state index is 0.178. The SMILES string of the molecule is CCCC1=CC=CC(O)(O)C1C. The first kappa shape index (κ1) is 9.49. The van der Waals surface area contributed by atoms with Crippen molar-refractivity contribution in [3.05, 3.63) is 23.8 Å². The first-order chi connectivity index (χ1) is 5.58. The van der Waals surface area contributed by atoms with Crippen molar-refractivity contribution in [2.24, 2.45) is 5.92 Å². The third kappa shape index (κ3) is 1.76. The summed E-state index contributed by atoms with van der Waals surface area (Å²) in [4.78, 5) is 0. The Morgan fingerprint density at radius 2 is 2.17 bits per heavy atom. The fraction of sp³-hybridized carbons (Fsp3) is 0.600. The third-order valence-corrected chi connectivity index (χ3v) is 2.38. The van der Waals surface area contributed by atoms with Gasteiger partial charge in [-0.3, -0.25) is 0 Å². The summed E-state index contributed by atoms with van der Waals surface area (Å²) in [6.07, 6.45) is 7.09. The number of aliphatic hydroxyl groups is 2. The van der Waals surface area contributed by atoms with Crippen LogP contribution >= 0.6 is 0 Å². The maximum Gasteiger partial charge on any atom is 0.189 e. The lowest BCUT2D eigenvalue weighted by Crippen LogP contribution is -2.36. The zero-order valence-corrected chi connectivity index (χ0v) is 7.62. The highest BCUT2D eigenvalue weighted by molar-refractivity contribution is 5.25. The van der Waals surface area contributed by atoms with Crippen LogP contribution in [0.3, 0.4) is 0 Å². The molecule has 1 rings (SSSR count). The second-order valence-electron chi connectivity index (χ2n) is 3.36. The highest BCUT2D eigenvalue weighted by Crippen LogP contribution is 2.30. The quantitative estimate of drug-likeness (QED) is 0.615. The summed E-state index contributed by atoms with van der Waals surface area (Å²) in [5.74, 6) is -1.82. The lowest BCUT2D eigenvalue weighted by Gasteiger charge is -2.30. The fourth-order valence-electron chi connectivity index (χ4n) is 1.46. The van der Waals surface area contributed by atoms with Crippen LogP contribution in [-0.4, -0.2) is 16.0 Å². The van der Waals surface area contributed by atoms with Gasteiger partial charge in [0.05, 0.1) is 0 Å². The number of rotatable bonds is 2. The molecule has 0 amide bonds. The molecule has 1 aliphatic rings. The Morgan fingerprint density at radius 3 is 2.75 bits per heavy atom. The number of hydrogen-bond acceptors (Lipinski definition) is 2. The largest absolute Gasteiger partial charge is 0.362 e. The summed E-state index contributed by atoms with van der Waals surface area (Å²) < 4.78 is 0. The first-order valence-corrected chi connectivity index (χ1v) is 4.41. The molecule has 0 heterocycles. The predicted molar refractivity (Wildman–Crippen MR) is 48.5 cm³/mol. The molecule has 2 N–H and O–H groups in total. The lowest BCUT2D eigenvalue weighted by molar-refractivity contribution is -0.147. The molecule has 1 aliphatic carbocycles. The molecule has 12 heavy (non-hydrogen) atoms. The van der Waals surface area contributed by atoms with E-state index in [0.29, 0.717) is 0 Å². The lowest BCUT2D eigenvalue weighted by atomic mass is 9.85. The molecule has 2 heteroatoms. The van der Waals surface area contributed by atoms with Crippen molar-refractivity contribution in [2.45, 2.75) is 32.5 Å². The highest BCUT2D eigenvalue weighted by Gasteiger charge is 2.31. The topological polar surface area (TPSA) is 40.5 Å². The molecule has 0 fully saturated rings. The van der Waals surface area contributed by atoms with E-state index in [1.807, 2.05) is 13.0 Å². The Balaban J connectivity index is 2.76. The Hall–Kier alpha value is -0.600. The maximum absolute atomic E-state index is 9.47. The van der Waals surface area contributed by atoms with Gasteiger partial charge in [-0.05, 0) is 12.5 Å². The van der Waals surface area contributed by atoms with Gasteiger partial charge in [0.15, 0.2) is 5.79 Å². The van der Waals surface area contributed by atoms with Gasteiger partial charge in [-0.1, -0.05) is 38.0 Å². The van der Waals surface area contributed by atoms with Crippen LogP contribution in [0.1, 0.15) is 26.7 Å². The molecule has 0 aromatic carbocycles. The molecule has 0 spiro atoms. The van der Waals surface area contributed by atoms with Crippen molar-refractivity contribution in [3.63, 3.8) is 0 Å². The molecule has 0 radical (unpaired) electrons. The molecular weight excluding hydrogens is 152 g/mol. The van der Waals surface area contributed by atoms with E-state index in [-0.39, 0.29) is 5.92 Å². The van der Waals surface area contributed by atoms with Gasteiger partial charge in [0, 0.05) is 5.92 Å². The normalized spacial score (nSPS) is 27.0. The Bertz CT molecular complexity index is 214. The minimum atomic E-state index is -1.64. The van der Waals surface area contributed by atoms with Crippen LogP contribution < -0.4 is 0 Å². The molecule has 0 saturated carbocycles. The van der Waals surface area contributed by atoms with Gasteiger partial charge >= 0.3 is 0 Å². The van der Waals surface area contributed by atoms with Crippen LogP contribution in [0.5, 0.6) is 0 Å². The van der Waals surface area contributed by atoms with Gasteiger partial charge in [0.1, 0.15) is 0 Å². The molecule has 0 bridgehead atoms. The molecule has 0 aromatic rings. The van der Waals surface area contributed by atoms with Crippen LogP contribution in [0.15, 0.2) is 23.8 Å². The molecule has 1 unspecified atom stereocenters. The average molecular weight is 168 g/mol. The Kier molecular flexibility index (Phi) is 2.70. The Labute approximate surface area is 73.2 Å². The summed E-state index contributed by atoms with van der Waals surface area (Å²) in [5, 5.41) is 18.9. The molecule has 68 valence electrons. The molecule has 1 atom stereocenters. The van der Waals surface area contributed by atoms with Crippen molar-refractivity contribution in [1.82, 2.24) is 0 Å². The van der Waals surface area contributed by atoms with Gasteiger partial charge in [0.2, 0.25) is 0 Å². The second kappa shape index (κ2) is 3.42. The summed E-state index contributed by atoms with van der Waals surface area (Å²) in [5.41, 5.74) is 1.12. The monoisotopic (exact) mass is 168 g/mol. The van der Waals surface area contributed by atoms with Crippen molar-refractivity contribution in [3.8, 4) is 0 Å². The summed E-state index contributed by atoms with van der Waals surface area (Å²) >= 11 is 0. The van der Waals surface area contributed by atoms with Crippen molar-refractivity contribution in [2.75, 3.05) is 0 Å². The van der Waals surface area contributed by atoms with E-state index in [9.17, 15) is 10.2 Å². The standard InChI is InChI=1S/C10H16O2/c1-3-5-9-6-4-7-10(11,12)8(9)2/h4,6-8,11-12H,3,5H2,1-2H3. The minimum Gasteiger partial charge on any atom is -0.362 e. The van der Waals surface area contributed by atoms with Gasteiger partial charge < -0.3 is 10.2 Å². The number of hydrogen-bond donors (Lipinski definition) is 2. The molecule has 2 nitrogen and oxygen atoms in total. The van der Waals surface area contributed by atoms with Crippen molar-refractivity contribution in [1.29, 1.82) is 0 Å². The van der Waals surface area contributed by atoms with E-state index < -0.39 is 5.79 Å². The third-order valence-electron chi connectivity index (χ3n) is 2.38. The molecule has 0 saturated heterocycles. The van der Waals surface area contributed by atoms with E-state index in [4.69, 9.17) is 0 Å². The predicted octanol–water partition coefficient (Wildman–Crippen LogP) is 1.60. The van der Waals surface area contributed by atoms with Crippen molar-refractivity contribution >= 4 is 0 Å². The summed E-state index contributed by atoms with van der Waals surface area (Å²) in [6.45, 7) is 3.92. The smallest absolute Gasteiger partial charge is 0.189 e. The van der Waals surface area contributed by atoms with Gasteiger partial charge in [0.25, 0.3) is 0 Å². The van der Waals surface area contributed by atoms with Crippen LogP contribution in [0, 0.1) is 5.92 Å². The summed E-state index contributed by atoms with van der Waals surface area (Å²) in [7, 11) is 0. The average Bonchev–Trinajstić information content (AvgIpc) is 1.99. The zero-order valence-electron chi connectivity index (χ0n) is 7.62. The second-order valence-corrected chi connectivity index (χ2v) is 3.36. The zero-order chi connectivity index (χ0) is 9.19. The van der Waals surface area contributed by atoms with Crippen molar-refractivity contribution < 1.29 is 10.2 Å².